The van der Waals surface area contributed by atoms with Crippen molar-refractivity contribution in [2.45, 2.75) is 59.4 Å². The molecule has 2 unspecified atom stereocenters. The SMILES string of the molecule is CCc1cccc(CC)c1NC(=O)C1CC(=O)N(C(C)CC)C1. The van der Waals surface area contributed by atoms with E-state index in [0.717, 1.165) is 36.1 Å². The molecule has 126 valence electrons. The fraction of sp³-hybridized carbons (Fsp3) is 0.579. The summed E-state index contributed by atoms with van der Waals surface area (Å²) in [4.78, 5) is 26.6. The van der Waals surface area contributed by atoms with E-state index in [9.17, 15) is 9.59 Å². The summed E-state index contributed by atoms with van der Waals surface area (Å²) >= 11 is 0. The number of rotatable bonds is 6. The smallest absolute Gasteiger partial charge is 0.229 e. The molecule has 4 nitrogen and oxygen atoms in total. The van der Waals surface area contributed by atoms with Gasteiger partial charge in [-0.25, -0.2) is 0 Å². The summed E-state index contributed by atoms with van der Waals surface area (Å²) < 4.78 is 0. The summed E-state index contributed by atoms with van der Waals surface area (Å²) in [6, 6.07) is 6.35. The van der Waals surface area contributed by atoms with Crippen molar-refractivity contribution in [3.8, 4) is 0 Å². The Kier molecular flexibility index (Phi) is 5.80. The van der Waals surface area contributed by atoms with Crippen LogP contribution < -0.4 is 5.32 Å². The summed E-state index contributed by atoms with van der Waals surface area (Å²) in [5.74, 6) is -0.176. The minimum atomic E-state index is -0.244. The Bertz CT molecular complexity index is 560. The molecule has 23 heavy (non-hydrogen) atoms. The molecular formula is C19H28N2O2. The fourth-order valence-corrected chi connectivity index (χ4v) is 3.18. The Labute approximate surface area is 139 Å². The van der Waals surface area contributed by atoms with Crippen LogP contribution in [-0.4, -0.2) is 29.3 Å². The van der Waals surface area contributed by atoms with E-state index in [4.69, 9.17) is 0 Å². The predicted molar refractivity (Wildman–Crippen MR) is 93.4 cm³/mol. The maximum Gasteiger partial charge on any atom is 0.229 e. The van der Waals surface area contributed by atoms with Gasteiger partial charge in [0.25, 0.3) is 0 Å². The third kappa shape index (κ3) is 3.74. The Balaban J connectivity index is 2.13. The second-order valence-electron chi connectivity index (χ2n) is 6.35. The average molecular weight is 316 g/mol. The third-order valence-corrected chi connectivity index (χ3v) is 4.90. The van der Waals surface area contributed by atoms with Crippen LogP contribution in [-0.2, 0) is 22.4 Å². The van der Waals surface area contributed by atoms with Crippen molar-refractivity contribution in [1.29, 1.82) is 0 Å². The zero-order valence-corrected chi connectivity index (χ0v) is 14.7. The number of carbonyl (C=O) groups is 2. The van der Waals surface area contributed by atoms with Crippen LogP contribution in [0.5, 0.6) is 0 Å². The Hall–Kier alpha value is -1.84. The van der Waals surface area contributed by atoms with Crippen molar-refractivity contribution in [2.75, 3.05) is 11.9 Å². The zero-order valence-electron chi connectivity index (χ0n) is 14.7. The molecule has 0 spiro atoms. The molecule has 2 atom stereocenters. The van der Waals surface area contributed by atoms with E-state index in [1.807, 2.05) is 17.9 Å². The van der Waals surface area contributed by atoms with Crippen LogP contribution in [0, 0.1) is 5.92 Å². The second-order valence-corrected chi connectivity index (χ2v) is 6.35. The zero-order chi connectivity index (χ0) is 17.0. The molecule has 0 saturated carbocycles. The van der Waals surface area contributed by atoms with Gasteiger partial charge in [-0.1, -0.05) is 39.0 Å². The van der Waals surface area contributed by atoms with E-state index in [1.54, 1.807) is 0 Å². The molecule has 4 heteroatoms. The maximum absolute atomic E-state index is 12.7. The molecule has 1 aliphatic rings. The van der Waals surface area contributed by atoms with E-state index in [0.29, 0.717) is 13.0 Å². The van der Waals surface area contributed by atoms with Gasteiger partial charge in [-0.3, -0.25) is 9.59 Å². The first kappa shape index (κ1) is 17.5. The van der Waals surface area contributed by atoms with Crippen LogP contribution in [0.15, 0.2) is 18.2 Å². The molecule has 0 radical (unpaired) electrons. The Morgan fingerprint density at radius 3 is 2.39 bits per heavy atom. The van der Waals surface area contributed by atoms with Gasteiger partial charge in [0.05, 0.1) is 5.92 Å². The molecule has 1 fully saturated rings. The van der Waals surface area contributed by atoms with Crippen molar-refractivity contribution < 1.29 is 9.59 Å². The van der Waals surface area contributed by atoms with Gasteiger partial charge in [0.1, 0.15) is 0 Å². The average Bonchev–Trinajstić information content (AvgIpc) is 2.96. The number of hydrogen-bond donors (Lipinski definition) is 1. The largest absolute Gasteiger partial charge is 0.339 e. The lowest BCUT2D eigenvalue weighted by Crippen LogP contribution is -2.35. The molecule has 0 aliphatic carbocycles. The van der Waals surface area contributed by atoms with E-state index in [1.165, 1.54) is 0 Å². The number of hydrogen-bond acceptors (Lipinski definition) is 2. The van der Waals surface area contributed by atoms with Gasteiger partial charge in [0.2, 0.25) is 11.8 Å². The van der Waals surface area contributed by atoms with Gasteiger partial charge in [-0.15, -0.1) is 0 Å². The van der Waals surface area contributed by atoms with E-state index < -0.39 is 0 Å². The number of nitrogens with one attached hydrogen (secondary N) is 1. The van der Waals surface area contributed by atoms with Crippen LogP contribution in [0.4, 0.5) is 5.69 Å². The molecule has 1 aromatic rings. The Morgan fingerprint density at radius 1 is 1.26 bits per heavy atom. The maximum atomic E-state index is 12.7. The highest BCUT2D eigenvalue weighted by atomic mass is 16.2. The van der Waals surface area contributed by atoms with Crippen molar-refractivity contribution in [1.82, 2.24) is 4.90 Å². The standard InChI is InChI=1S/C19H28N2O2/c1-5-13(4)21-12-16(11-17(21)22)19(23)20-18-14(6-2)9-8-10-15(18)7-3/h8-10,13,16H,5-7,11-12H2,1-4H3,(H,20,23). The van der Waals surface area contributed by atoms with Crippen LogP contribution in [0.25, 0.3) is 0 Å². The number of anilines is 1. The molecule has 1 aliphatic heterocycles. The summed E-state index contributed by atoms with van der Waals surface area (Å²) in [5.41, 5.74) is 3.25. The summed E-state index contributed by atoms with van der Waals surface area (Å²) in [7, 11) is 0. The molecule has 2 amide bonds. The lowest BCUT2D eigenvalue weighted by molar-refractivity contribution is -0.129. The third-order valence-electron chi connectivity index (χ3n) is 4.90. The lowest BCUT2D eigenvalue weighted by atomic mass is 10.0. The monoisotopic (exact) mass is 316 g/mol. The van der Waals surface area contributed by atoms with Crippen LogP contribution in [0.2, 0.25) is 0 Å². The van der Waals surface area contributed by atoms with E-state index in [2.05, 4.69) is 38.2 Å². The number of aryl methyl sites for hydroxylation is 2. The van der Waals surface area contributed by atoms with Gasteiger partial charge in [-0.05, 0) is 37.3 Å². The van der Waals surface area contributed by atoms with Crippen molar-refractivity contribution in [3.63, 3.8) is 0 Å². The molecule has 0 aromatic heterocycles. The molecule has 1 N–H and O–H groups in total. The molecule has 1 aromatic carbocycles. The van der Waals surface area contributed by atoms with Crippen molar-refractivity contribution in [2.24, 2.45) is 5.92 Å². The molecular weight excluding hydrogens is 288 g/mol. The quantitative estimate of drug-likeness (QED) is 0.874. The van der Waals surface area contributed by atoms with E-state index in [-0.39, 0.29) is 23.8 Å². The number of amides is 2. The normalized spacial score (nSPS) is 19.0. The first-order valence-corrected chi connectivity index (χ1v) is 8.72. The minimum Gasteiger partial charge on any atom is -0.339 e. The van der Waals surface area contributed by atoms with Crippen LogP contribution in [0.3, 0.4) is 0 Å². The van der Waals surface area contributed by atoms with Gasteiger partial charge in [0, 0.05) is 24.7 Å². The number of likely N-dealkylation sites (tertiary alicyclic amines) is 1. The molecule has 1 heterocycles. The fourth-order valence-electron chi connectivity index (χ4n) is 3.18. The van der Waals surface area contributed by atoms with E-state index >= 15 is 0 Å². The second kappa shape index (κ2) is 7.62. The molecule has 1 saturated heterocycles. The van der Waals surface area contributed by atoms with Gasteiger partial charge >= 0.3 is 0 Å². The lowest BCUT2D eigenvalue weighted by Gasteiger charge is -2.23. The highest BCUT2D eigenvalue weighted by molar-refractivity contribution is 5.98. The highest BCUT2D eigenvalue weighted by Gasteiger charge is 2.36. The molecule has 0 bridgehead atoms. The summed E-state index contributed by atoms with van der Waals surface area (Å²) in [5, 5.41) is 3.10. The van der Waals surface area contributed by atoms with Crippen molar-refractivity contribution >= 4 is 17.5 Å². The summed E-state index contributed by atoms with van der Waals surface area (Å²) in [6.45, 7) is 8.83. The number of nitrogens with zero attached hydrogens (tertiary/aromatic N) is 1. The van der Waals surface area contributed by atoms with Crippen LogP contribution in [0.1, 0.15) is 51.7 Å². The van der Waals surface area contributed by atoms with Crippen molar-refractivity contribution in [3.05, 3.63) is 29.3 Å². The highest BCUT2D eigenvalue weighted by Crippen LogP contribution is 2.26. The first-order valence-electron chi connectivity index (χ1n) is 8.72. The minimum absolute atomic E-state index is 0.0280. The Morgan fingerprint density at radius 2 is 1.87 bits per heavy atom. The number of carbonyl (C=O) groups excluding carboxylic acids is 2. The van der Waals surface area contributed by atoms with Gasteiger partial charge in [-0.2, -0.15) is 0 Å². The summed E-state index contributed by atoms with van der Waals surface area (Å²) in [6.07, 6.45) is 3.00. The number of para-hydroxylation sites is 1. The first-order chi connectivity index (χ1) is 11.0. The van der Waals surface area contributed by atoms with Crippen LogP contribution >= 0.6 is 0 Å². The predicted octanol–water partition coefficient (Wildman–Crippen LogP) is 3.40. The molecule has 2 rings (SSSR count). The van der Waals surface area contributed by atoms with Gasteiger partial charge in [0.15, 0.2) is 0 Å². The number of benzene rings is 1. The topological polar surface area (TPSA) is 49.4 Å². The van der Waals surface area contributed by atoms with Gasteiger partial charge < -0.3 is 10.2 Å².